The van der Waals surface area contributed by atoms with Crippen LogP contribution in [0.3, 0.4) is 0 Å². The Morgan fingerprint density at radius 2 is 2.00 bits per heavy atom. The Hall–Kier alpha value is -3.24. The lowest BCUT2D eigenvalue weighted by Crippen LogP contribution is -2.37. The average molecular weight is 404 g/mol. The SMILES string of the molecule is N#Cc1ccc(N2CCC(C(=O)OCc3csc(-c4ccccc4)n3)CC2)nc1. The molecule has 7 heteroatoms. The molecule has 3 heterocycles. The molecular weight excluding hydrogens is 384 g/mol. The third-order valence-corrected chi connectivity index (χ3v) is 5.90. The lowest BCUT2D eigenvalue weighted by atomic mass is 9.97. The number of pyridine rings is 1. The summed E-state index contributed by atoms with van der Waals surface area (Å²) in [5, 5.41) is 11.7. The van der Waals surface area contributed by atoms with Gasteiger partial charge in [0.05, 0.1) is 17.2 Å². The smallest absolute Gasteiger partial charge is 0.309 e. The Morgan fingerprint density at radius 3 is 2.69 bits per heavy atom. The molecule has 0 unspecified atom stereocenters. The molecule has 2 aromatic heterocycles. The normalized spacial score (nSPS) is 14.4. The zero-order chi connectivity index (χ0) is 20.1. The largest absolute Gasteiger partial charge is 0.459 e. The molecule has 146 valence electrons. The number of carbonyl (C=O) groups excluding carboxylic acids is 1. The second kappa shape index (κ2) is 8.84. The summed E-state index contributed by atoms with van der Waals surface area (Å²) in [6.07, 6.45) is 3.03. The van der Waals surface area contributed by atoms with Crippen LogP contribution in [0.4, 0.5) is 5.82 Å². The van der Waals surface area contributed by atoms with Gasteiger partial charge in [0, 0.05) is 30.2 Å². The first kappa shape index (κ1) is 19.1. The highest BCUT2D eigenvalue weighted by atomic mass is 32.1. The second-order valence-corrected chi connectivity index (χ2v) is 7.75. The minimum atomic E-state index is -0.160. The second-order valence-electron chi connectivity index (χ2n) is 6.90. The summed E-state index contributed by atoms with van der Waals surface area (Å²) in [6.45, 7) is 1.70. The molecule has 0 N–H and O–H groups in total. The molecule has 0 spiro atoms. The Bertz CT molecular complexity index is 1000. The lowest BCUT2D eigenvalue weighted by Gasteiger charge is -2.31. The topological polar surface area (TPSA) is 79.1 Å². The average Bonchev–Trinajstić information content (AvgIpc) is 3.27. The maximum absolute atomic E-state index is 12.5. The van der Waals surface area contributed by atoms with Gasteiger partial charge in [-0.2, -0.15) is 5.26 Å². The van der Waals surface area contributed by atoms with E-state index in [1.54, 1.807) is 23.6 Å². The summed E-state index contributed by atoms with van der Waals surface area (Å²) in [6, 6.07) is 15.7. The number of nitriles is 1. The van der Waals surface area contributed by atoms with Crippen LogP contribution in [0.1, 0.15) is 24.1 Å². The maximum Gasteiger partial charge on any atom is 0.309 e. The van der Waals surface area contributed by atoms with Crippen molar-refractivity contribution < 1.29 is 9.53 Å². The third-order valence-electron chi connectivity index (χ3n) is 4.96. The number of aromatic nitrogens is 2. The number of hydrogen-bond acceptors (Lipinski definition) is 7. The van der Waals surface area contributed by atoms with E-state index in [-0.39, 0.29) is 18.5 Å². The van der Waals surface area contributed by atoms with Crippen LogP contribution >= 0.6 is 11.3 Å². The predicted molar refractivity (Wildman–Crippen MR) is 111 cm³/mol. The highest BCUT2D eigenvalue weighted by molar-refractivity contribution is 7.13. The molecule has 1 aliphatic rings. The maximum atomic E-state index is 12.5. The summed E-state index contributed by atoms with van der Waals surface area (Å²) in [4.78, 5) is 23.5. The minimum absolute atomic E-state index is 0.100. The number of carbonyl (C=O) groups is 1. The fourth-order valence-electron chi connectivity index (χ4n) is 3.33. The monoisotopic (exact) mass is 404 g/mol. The predicted octanol–water partition coefficient (Wildman–Crippen LogP) is 4.04. The van der Waals surface area contributed by atoms with Gasteiger partial charge in [-0.3, -0.25) is 4.79 Å². The van der Waals surface area contributed by atoms with Crippen LogP contribution in [0, 0.1) is 17.2 Å². The molecule has 0 amide bonds. The Kier molecular flexibility index (Phi) is 5.82. The van der Waals surface area contributed by atoms with Gasteiger partial charge in [0.1, 0.15) is 23.5 Å². The summed E-state index contributed by atoms with van der Waals surface area (Å²) in [7, 11) is 0. The third kappa shape index (κ3) is 4.61. The standard InChI is InChI=1S/C22H20N4O2S/c23-12-16-6-7-20(24-13-16)26-10-8-18(9-11-26)22(27)28-14-19-15-29-21(25-19)17-4-2-1-3-5-17/h1-7,13,15,18H,8-11,14H2. The first-order chi connectivity index (χ1) is 14.2. The van der Waals surface area contributed by atoms with Gasteiger partial charge in [0.25, 0.3) is 0 Å². The first-order valence-electron chi connectivity index (χ1n) is 9.50. The van der Waals surface area contributed by atoms with Crippen molar-refractivity contribution in [3.05, 3.63) is 65.3 Å². The summed E-state index contributed by atoms with van der Waals surface area (Å²) >= 11 is 1.55. The lowest BCUT2D eigenvalue weighted by molar-refractivity contribution is -0.150. The molecular formula is C22H20N4O2S. The van der Waals surface area contributed by atoms with Crippen molar-refractivity contribution in [1.29, 1.82) is 5.26 Å². The number of hydrogen-bond donors (Lipinski definition) is 0. The number of rotatable bonds is 5. The van der Waals surface area contributed by atoms with Crippen molar-refractivity contribution >= 4 is 23.1 Å². The summed E-state index contributed by atoms with van der Waals surface area (Å²) in [5.74, 6) is 0.579. The first-order valence-corrected chi connectivity index (χ1v) is 10.4. The van der Waals surface area contributed by atoms with E-state index in [0.29, 0.717) is 5.56 Å². The molecule has 1 fully saturated rings. The molecule has 0 bridgehead atoms. The molecule has 6 nitrogen and oxygen atoms in total. The molecule has 1 saturated heterocycles. The van der Waals surface area contributed by atoms with E-state index >= 15 is 0 Å². The van der Waals surface area contributed by atoms with E-state index < -0.39 is 0 Å². The minimum Gasteiger partial charge on any atom is -0.459 e. The van der Waals surface area contributed by atoms with E-state index in [0.717, 1.165) is 48.0 Å². The number of piperidine rings is 1. The fourth-order valence-corrected chi connectivity index (χ4v) is 4.14. The van der Waals surface area contributed by atoms with Crippen LogP contribution < -0.4 is 4.90 Å². The van der Waals surface area contributed by atoms with E-state index in [2.05, 4.69) is 20.9 Å². The zero-order valence-corrected chi connectivity index (χ0v) is 16.6. The van der Waals surface area contributed by atoms with Crippen molar-refractivity contribution in [3.63, 3.8) is 0 Å². The van der Waals surface area contributed by atoms with Gasteiger partial charge in [0.2, 0.25) is 0 Å². The summed E-state index contributed by atoms with van der Waals surface area (Å²) < 4.78 is 5.52. The molecule has 1 aliphatic heterocycles. The van der Waals surface area contributed by atoms with E-state index in [9.17, 15) is 4.79 Å². The summed E-state index contributed by atoms with van der Waals surface area (Å²) in [5.41, 5.74) is 2.39. The number of thiazole rings is 1. The molecule has 0 radical (unpaired) electrons. The van der Waals surface area contributed by atoms with Gasteiger partial charge in [-0.05, 0) is 25.0 Å². The van der Waals surface area contributed by atoms with Crippen LogP contribution in [0.5, 0.6) is 0 Å². The highest BCUT2D eigenvalue weighted by Gasteiger charge is 2.27. The van der Waals surface area contributed by atoms with Crippen molar-refractivity contribution in [1.82, 2.24) is 9.97 Å². The van der Waals surface area contributed by atoms with Gasteiger partial charge >= 0.3 is 5.97 Å². The van der Waals surface area contributed by atoms with E-state index in [1.807, 2.05) is 41.8 Å². The van der Waals surface area contributed by atoms with Crippen LogP contribution in [-0.2, 0) is 16.1 Å². The molecule has 0 saturated carbocycles. The van der Waals surface area contributed by atoms with Gasteiger partial charge in [-0.1, -0.05) is 30.3 Å². The zero-order valence-electron chi connectivity index (χ0n) is 15.8. The van der Waals surface area contributed by atoms with Crippen LogP contribution in [0.25, 0.3) is 10.6 Å². The van der Waals surface area contributed by atoms with Gasteiger partial charge < -0.3 is 9.64 Å². The highest BCUT2D eigenvalue weighted by Crippen LogP contribution is 2.25. The Balaban J connectivity index is 1.27. The van der Waals surface area contributed by atoms with Crippen LogP contribution in [0.15, 0.2) is 54.0 Å². The number of esters is 1. The Labute approximate surface area is 173 Å². The van der Waals surface area contributed by atoms with Crippen molar-refractivity contribution in [2.45, 2.75) is 19.4 Å². The number of benzene rings is 1. The van der Waals surface area contributed by atoms with Gasteiger partial charge in [0.15, 0.2) is 0 Å². The molecule has 29 heavy (non-hydrogen) atoms. The number of nitrogens with zero attached hydrogens (tertiary/aromatic N) is 4. The molecule has 0 atom stereocenters. The van der Waals surface area contributed by atoms with E-state index in [4.69, 9.17) is 10.00 Å². The van der Waals surface area contributed by atoms with Crippen molar-refractivity contribution in [2.75, 3.05) is 18.0 Å². The van der Waals surface area contributed by atoms with Crippen molar-refractivity contribution in [3.8, 4) is 16.6 Å². The van der Waals surface area contributed by atoms with Gasteiger partial charge in [-0.15, -0.1) is 11.3 Å². The molecule has 3 aromatic rings. The van der Waals surface area contributed by atoms with Crippen molar-refractivity contribution in [2.24, 2.45) is 5.92 Å². The number of ether oxygens (including phenoxy) is 1. The Morgan fingerprint density at radius 1 is 1.21 bits per heavy atom. The molecule has 0 aliphatic carbocycles. The molecule has 4 rings (SSSR count). The van der Waals surface area contributed by atoms with E-state index in [1.165, 1.54) is 0 Å². The van der Waals surface area contributed by atoms with Gasteiger partial charge in [-0.25, -0.2) is 9.97 Å². The number of anilines is 1. The quantitative estimate of drug-likeness (QED) is 0.597. The molecule has 1 aromatic carbocycles. The van der Waals surface area contributed by atoms with Crippen LogP contribution in [-0.4, -0.2) is 29.0 Å². The fraction of sp³-hybridized carbons (Fsp3) is 0.273. The van der Waals surface area contributed by atoms with Crippen LogP contribution in [0.2, 0.25) is 0 Å².